The highest BCUT2D eigenvalue weighted by Gasteiger charge is 2.19. The summed E-state index contributed by atoms with van der Waals surface area (Å²) in [5.74, 6) is 0. The molecule has 0 saturated carbocycles. The van der Waals surface area contributed by atoms with Crippen molar-refractivity contribution in [3.8, 4) is 0 Å². The second-order valence-corrected chi connectivity index (χ2v) is 5.66. The van der Waals surface area contributed by atoms with Gasteiger partial charge in [0.2, 0.25) is 0 Å². The van der Waals surface area contributed by atoms with Crippen LogP contribution in [0.1, 0.15) is 26.3 Å². The molecule has 19 heavy (non-hydrogen) atoms. The molecule has 0 fully saturated rings. The van der Waals surface area contributed by atoms with Crippen molar-refractivity contribution in [2.24, 2.45) is 0 Å². The maximum atomic E-state index is 11.6. The van der Waals surface area contributed by atoms with E-state index in [-0.39, 0.29) is 0 Å². The highest BCUT2D eigenvalue weighted by molar-refractivity contribution is 6.30. The van der Waals surface area contributed by atoms with Crippen molar-refractivity contribution in [2.45, 2.75) is 38.8 Å². The number of amides is 1. The monoisotopic (exact) mass is 283 g/mol. The zero-order valence-electron chi connectivity index (χ0n) is 11.3. The van der Waals surface area contributed by atoms with Gasteiger partial charge in [-0.15, -0.1) is 0 Å². The lowest BCUT2D eigenvalue weighted by Gasteiger charge is -2.21. The Morgan fingerprint density at radius 2 is 2.16 bits per heavy atom. The first kappa shape index (κ1) is 15.5. The zero-order valence-corrected chi connectivity index (χ0v) is 12.0. The Hall–Kier alpha value is -1.55. The minimum absolute atomic E-state index is 0.378. The average molecular weight is 284 g/mol. The summed E-state index contributed by atoms with van der Waals surface area (Å²) >= 11 is 5.86. The van der Waals surface area contributed by atoms with Crippen LogP contribution in [0.2, 0.25) is 5.02 Å². The number of rotatable bonds is 4. The SMILES string of the molecule is CC(C)(C)OC(=O)N[C@H](C=O)Cc1cccc(Cl)c1. The maximum absolute atomic E-state index is 11.6. The molecular formula is C14H18ClNO3. The minimum Gasteiger partial charge on any atom is -0.444 e. The van der Waals surface area contributed by atoms with Crippen LogP contribution in [0.25, 0.3) is 0 Å². The van der Waals surface area contributed by atoms with Gasteiger partial charge in [-0.3, -0.25) is 0 Å². The number of hydrogen-bond acceptors (Lipinski definition) is 3. The number of carbonyl (C=O) groups excluding carboxylic acids is 2. The number of hydrogen-bond donors (Lipinski definition) is 1. The predicted octanol–water partition coefficient (Wildman–Crippen LogP) is 2.97. The van der Waals surface area contributed by atoms with E-state index in [1.807, 2.05) is 6.07 Å². The lowest BCUT2D eigenvalue weighted by atomic mass is 10.1. The highest BCUT2D eigenvalue weighted by atomic mass is 35.5. The largest absolute Gasteiger partial charge is 0.444 e. The molecular weight excluding hydrogens is 266 g/mol. The van der Waals surface area contributed by atoms with Gasteiger partial charge < -0.3 is 14.8 Å². The lowest BCUT2D eigenvalue weighted by Crippen LogP contribution is -2.41. The molecule has 5 heteroatoms. The molecule has 0 spiro atoms. The van der Waals surface area contributed by atoms with Crippen molar-refractivity contribution in [1.29, 1.82) is 0 Å². The molecule has 0 aliphatic heterocycles. The van der Waals surface area contributed by atoms with Gasteiger partial charge in [0.1, 0.15) is 11.9 Å². The molecule has 1 amide bonds. The molecule has 1 rings (SSSR count). The molecule has 0 unspecified atom stereocenters. The fourth-order valence-corrected chi connectivity index (χ4v) is 1.72. The number of benzene rings is 1. The van der Waals surface area contributed by atoms with E-state index in [4.69, 9.17) is 16.3 Å². The molecule has 0 bridgehead atoms. The number of nitrogens with one attached hydrogen (secondary N) is 1. The van der Waals surface area contributed by atoms with E-state index in [1.54, 1.807) is 39.0 Å². The Labute approximate surface area is 118 Å². The van der Waals surface area contributed by atoms with Crippen LogP contribution in [0.15, 0.2) is 24.3 Å². The van der Waals surface area contributed by atoms with Crippen LogP contribution < -0.4 is 5.32 Å². The van der Waals surface area contributed by atoms with Crippen molar-refractivity contribution in [3.63, 3.8) is 0 Å². The second kappa shape index (κ2) is 6.57. The Balaban J connectivity index is 2.59. The first-order chi connectivity index (χ1) is 8.80. The number of halogens is 1. The molecule has 1 aromatic carbocycles. The quantitative estimate of drug-likeness (QED) is 0.864. The van der Waals surface area contributed by atoms with Gasteiger partial charge in [0.15, 0.2) is 0 Å². The van der Waals surface area contributed by atoms with E-state index in [0.29, 0.717) is 17.7 Å². The average Bonchev–Trinajstić information content (AvgIpc) is 2.25. The third-order valence-corrected chi connectivity index (χ3v) is 2.45. The third-order valence-electron chi connectivity index (χ3n) is 2.21. The van der Waals surface area contributed by atoms with Crippen molar-refractivity contribution in [3.05, 3.63) is 34.9 Å². The van der Waals surface area contributed by atoms with Crippen molar-refractivity contribution < 1.29 is 14.3 Å². The fraction of sp³-hybridized carbons (Fsp3) is 0.429. The van der Waals surface area contributed by atoms with E-state index in [9.17, 15) is 9.59 Å². The van der Waals surface area contributed by atoms with Crippen molar-refractivity contribution in [2.75, 3.05) is 0 Å². The van der Waals surface area contributed by atoms with Gasteiger partial charge in [0, 0.05) is 5.02 Å². The van der Waals surface area contributed by atoms with E-state index in [0.717, 1.165) is 5.56 Å². The predicted molar refractivity (Wildman–Crippen MR) is 74.4 cm³/mol. The topological polar surface area (TPSA) is 55.4 Å². The normalized spacial score (nSPS) is 12.6. The standard InChI is InChI=1S/C14H18ClNO3/c1-14(2,3)19-13(18)16-12(9-17)8-10-5-4-6-11(15)7-10/h4-7,9,12H,8H2,1-3H3,(H,16,18)/t12-/m0/s1. The van der Waals surface area contributed by atoms with Crippen LogP contribution >= 0.6 is 11.6 Å². The number of alkyl carbamates (subject to hydrolysis) is 1. The van der Waals surface area contributed by atoms with Crippen LogP contribution in [-0.4, -0.2) is 24.0 Å². The molecule has 104 valence electrons. The summed E-state index contributed by atoms with van der Waals surface area (Å²) in [6.07, 6.45) is 0.459. The molecule has 0 heterocycles. The Morgan fingerprint density at radius 3 is 2.68 bits per heavy atom. The molecule has 0 aliphatic carbocycles. The minimum atomic E-state index is -0.631. The molecule has 0 saturated heterocycles. The van der Waals surface area contributed by atoms with Crippen LogP contribution in [0.4, 0.5) is 4.79 Å². The van der Waals surface area contributed by atoms with Gasteiger partial charge in [-0.2, -0.15) is 0 Å². The van der Waals surface area contributed by atoms with Gasteiger partial charge in [-0.25, -0.2) is 4.79 Å². The van der Waals surface area contributed by atoms with Crippen LogP contribution in [0, 0.1) is 0 Å². The third kappa shape index (κ3) is 6.25. The summed E-state index contributed by atoms with van der Waals surface area (Å²) in [5, 5.41) is 3.12. The Bertz CT molecular complexity index is 454. The smallest absolute Gasteiger partial charge is 0.408 e. The Morgan fingerprint density at radius 1 is 1.47 bits per heavy atom. The molecule has 0 radical (unpaired) electrons. The first-order valence-corrected chi connectivity index (χ1v) is 6.37. The van der Waals surface area contributed by atoms with Crippen molar-refractivity contribution >= 4 is 24.0 Å². The van der Waals surface area contributed by atoms with E-state index in [2.05, 4.69) is 5.32 Å². The molecule has 1 aromatic rings. The van der Waals surface area contributed by atoms with Gasteiger partial charge >= 0.3 is 6.09 Å². The molecule has 1 N–H and O–H groups in total. The fourth-order valence-electron chi connectivity index (χ4n) is 1.51. The van der Waals surface area contributed by atoms with Gasteiger partial charge in [0.05, 0.1) is 6.04 Å². The van der Waals surface area contributed by atoms with Crippen molar-refractivity contribution in [1.82, 2.24) is 5.32 Å². The van der Waals surface area contributed by atoms with E-state index in [1.165, 1.54) is 0 Å². The molecule has 1 atom stereocenters. The molecule has 0 aliphatic rings. The van der Waals surface area contributed by atoms with E-state index >= 15 is 0 Å². The second-order valence-electron chi connectivity index (χ2n) is 5.22. The zero-order chi connectivity index (χ0) is 14.5. The highest BCUT2D eigenvalue weighted by Crippen LogP contribution is 2.12. The molecule has 4 nitrogen and oxygen atoms in total. The number of aldehydes is 1. The van der Waals surface area contributed by atoms with Gasteiger partial charge in [-0.05, 0) is 44.9 Å². The van der Waals surface area contributed by atoms with Crippen LogP contribution in [-0.2, 0) is 16.0 Å². The summed E-state index contributed by atoms with van der Waals surface area (Å²) in [6, 6.07) is 6.52. The summed E-state index contributed by atoms with van der Waals surface area (Å²) in [5.41, 5.74) is 0.286. The Kier molecular flexibility index (Phi) is 5.36. The lowest BCUT2D eigenvalue weighted by molar-refractivity contribution is -0.109. The summed E-state index contributed by atoms with van der Waals surface area (Å²) in [7, 11) is 0. The van der Waals surface area contributed by atoms with Gasteiger partial charge in [0.25, 0.3) is 0 Å². The summed E-state index contributed by atoms with van der Waals surface area (Å²) in [4.78, 5) is 22.6. The van der Waals surface area contributed by atoms with E-state index < -0.39 is 17.7 Å². The van der Waals surface area contributed by atoms with Gasteiger partial charge in [-0.1, -0.05) is 23.7 Å². The van der Waals surface area contributed by atoms with Crippen LogP contribution in [0.3, 0.4) is 0 Å². The van der Waals surface area contributed by atoms with Crippen LogP contribution in [0.5, 0.6) is 0 Å². The molecule has 0 aromatic heterocycles. The number of ether oxygens (including phenoxy) is 1. The summed E-state index contributed by atoms with van der Waals surface area (Å²) < 4.78 is 5.10. The number of carbonyl (C=O) groups is 2. The summed E-state index contributed by atoms with van der Waals surface area (Å²) in [6.45, 7) is 5.29. The first-order valence-electron chi connectivity index (χ1n) is 5.99. The maximum Gasteiger partial charge on any atom is 0.408 e.